The molecule has 0 aromatic carbocycles. The van der Waals surface area contributed by atoms with Crippen LogP contribution in [0.3, 0.4) is 0 Å². The third-order valence-electron chi connectivity index (χ3n) is 6.47. The first-order valence-electron chi connectivity index (χ1n) is 10.3. The van der Waals surface area contributed by atoms with Gasteiger partial charge in [0.25, 0.3) is 0 Å². The minimum Gasteiger partial charge on any atom is -0.379 e. The van der Waals surface area contributed by atoms with E-state index in [1.165, 1.54) is 0 Å². The highest BCUT2D eigenvalue weighted by molar-refractivity contribution is 5.74. The summed E-state index contributed by atoms with van der Waals surface area (Å²) >= 11 is 0. The zero-order valence-electron chi connectivity index (χ0n) is 16.4. The summed E-state index contributed by atoms with van der Waals surface area (Å²) < 4.78 is 22.8. The van der Waals surface area contributed by atoms with Crippen LogP contribution in [0.25, 0.3) is 0 Å². The Morgan fingerprint density at radius 3 is 2.67 bits per heavy atom. The molecule has 1 saturated carbocycles. The standard InChI is InChI=1S/C19H33N3O5/c1-2-26-16-11-18(12-16,22-5-8-24-9-6-22)13-20-17(23)21-4-10-27-19(14-21)3-7-25-15-19/h16H,2-15H2,1H3,(H,20,23). The van der Waals surface area contributed by atoms with Gasteiger partial charge in [0.1, 0.15) is 5.60 Å². The molecule has 3 saturated heterocycles. The second kappa shape index (κ2) is 8.21. The van der Waals surface area contributed by atoms with E-state index in [-0.39, 0.29) is 17.2 Å². The van der Waals surface area contributed by atoms with Crippen molar-refractivity contribution in [2.24, 2.45) is 0 Å². The number of amides is 2. The van der Waals surface area contributed by atoms with E-state index in [9.17, 15) is 4.79 Å². The van der Waals surface area contributed by atoms with Gasteiger partial charge in [-0.25, -0.2) is 4.79 Å². The Balaban J connectivity index is 1.34. The van der Waals surface area contributed by atoms with E-state index < -0.39 is 0 Å². The molecular weight excluding hydrogens is 350 g/mol. The smallest absolute Gasteiger partial charge is 0.317 e. The zero-order valence-corrected chi connectivity index (χ0v) is 16.4. The fraction of sp³-hybridized carbons (Fsp3) is 0.947. The summed E-state index contributed by atoms with van der Waals surface area (Å²) in [7, 11) is 0. The molecule has 0 aromatic heterocycles. The van der Waals surface area contributed by atoms with Crippen LogP contribution in [0.1, 0.15) is 26.2 Å². The van der Waals surface area contributed by atoms with Crippen molar-refractivity contribution < 1.29 is 23.7 Å². The number of carbonyl (C=O) groups excluding carboxylic acids is 1. The van der Waals surface area contributed by atoms with Crippen LogP contribution in [-0.4, -0.2) is 105 Å². The van der Waals surface area contributed by atoms with Crippen molar-refractivity contribution >= 4 is 6.03 Å². The molecule has 0 bridgehead atoms. The van der Waals surface area contributed by atoms with Gasteiger partial charge in [0.05, 0.1) is 39.1 Å². The summed E-state index contributed by atoms with van der Waals surface area (Å²) in [5.41, 5.74) is -0.298. The van der Waals surface area contributed by atoms with Gasteiger partial charge in [-0.1, -0.05) is 0 Å². The Hall–Kier alpha value is -0.930. The molecule has 4 aliphatic rings. The third kappa shape index (κ3) is 4.10. The first-order valence-corrected chi connectivity index (χ1v) is 10.3. The lowest BCUT2D eigenvalue weighted by Gasteiger charge is -2.55. The molecule has 154 valence electrons. The highest BCUT2D eigenvalue weighted by atomic mass is 16.6. The molecule has 3 aliphatic heterocycles. The quantitative estimate of drug-likeness (QED) is 0.744. The lowest BCUT2D eigenvalue weighted by Crippen LogP contribution is -2.68. The largest absolute Gasteiger partial charge is 0.379 e. The van der Waals surface area contributed by atoms with Crippen LogP contribution >= 0.6 is 0 Å². The van der Waals surface area contributed by atoms with Crippen LogP contribution in [0.5, 0.6) is 0 Å². The number of hydrogen-bond acceptors (Lipinski definition) is 6. The van der Waals surface area contributed by atoms with E-state index >= 15 is 0 Å². The summed E-state index contributed by atoms with van der Waals surface area (Å²) in [6, 6.07) is 0.0112. The molecule has 27 heavy (non-hydrogen) atoms. The van der Waals surface area contributed by atoms with E-state index in [1.807, 2.05) is 11.8 Å². The number of urea groups is 1. The van der Waals surface area contributed by atoms with Gasteiger partial charge < -0.3 is 29.2 Å². The maximum atomic E-state index is 12.9. The van der Waals surface area contributed by atoms with Crippen molar-refractivity contribution in [3.63, 3.8) is 0 Å². The molecule has 3 heterocycles. The van der Waals surface area contributed by atoms with Crippen LogP contribution in [0.4, 0.5) is 4.79 Å². The second-order valence-electron chi connectivity index (χ2n) is 8.22. The minimum atomic E-state index is -0.298. The van der Waals surface area contributed by atoms with Crippen LogP contribution in [0.2, 0.25) is 0 Å². The van der Waals surface area contributed by atoms with E-state index in [0.717, 1.165) is 52.2 Å². The van der Waals surface area contributed by atoms with Crippen molar-refractivity contribution in [3.8, 4) is 0 Å². The maximum Gasteiger partial charge on any atom is 0.317 e. The summed E-state index contributed by atoms with van der Waals surface area (Å²) in [6.45, 7) is 9.96. The van der Waals surface area contributed by atoms with Crippen molar-refractivity contribution in [1.82, 2.24) is 15.1 Å². The minimum absolute atomic E-state index is 0.000278. The van der Waals surface area contributed by atoms with Crippen molar-refractivity contribution in [2.75, 3.05) is 72.4 Å². The molecular formula is C19H33N3O5. The molecule has 8 heteroatoms. The van der Waals surface area contributed by atoms with E-state index in [2.05, 4.69) is 10.2 Å². The van der Waals surface area contributed by atoms with Crippen molar-refractivity contribution in [3.05, 3.63) is 0 Å². The summed E-state index contributed by atoms with van der Waals surface area (Å²) in [5.74, 6) is 0. The third-order valence-corrected chi connectivity index (χ3v) is 6.47. The van der Waals surface area contributed by atoms with Crippen LogP contribution in [-0.2, 0) is 18.9 Å². The molecule has 1 N–H and O–H groups in total. The topological polar surface area (TPSA) is 72.5 Å². The first kappa shape index (κ1) is 19.4. The van der Waals surface area contributed by atoms with Crippen molar-refractivity contribution in [2.45, 2.75) is 43.4 Å². The number of morpholine rings is 2. The molecule has 4 fully saturated rings. The van der Waals surface area contributed by atoms with E-state index in [1.54, 1.807) is 0 Å². The van der Waals surface area contributed by atoms with Crippen LogP contribution in [0.15, 0.2) is 0 Å². The highest BCUT2D eigenvalue weighted by Crippen LogP contribution is 2.40. The molecule has 1 aliphatic carbocycles. The molecule has 1 unspecified atom stereocenters. The SMILES string of the molecule is CCOC1CC(CNC(=O)N2CCOC3(CCOC3)C2)(N2CCOCC2)C1. The molecule has 8 nitrogen and oxygen atoms in total. The van der Waals surface area contributed by atoms with Gasteiger partial charge in [-0.15, -0.1) is 0 Å². The number of nitrogens with one attached hydrogen (secondary N) is 1. The zero-order chi connectivity index (χ0) is 18.7. The van der Waals surface area contributed by atoms with Gasteiger partial charge in [0, 0.05) is 51.4 Å². The van der Waals surface area contributed by atoms with Crippen LogP contribution in [0, 0.1) is 0 Å². The summed E-state index contributed by atoms with van der Waals surface area (Å²) in [5, 5.41) is 3.21. The van der Waals surface area contributed by atoms with Gasteiger partial charge in [-0.2, -0.15) is 0 Å². The molecule has 1 atom stereocenters. The number of carbonyl (C=O) groups is 1. The average molecular weight is 383 g/mol. The Morgan fingerprint density at radius 1 is 1.15 bits per heavy atom. The molecule has 0 aromatic rings. The van der Waals surface area contributed by atoms with Gasteiger partial charge in [-0.3, -0.25) is 4.90 Å². The van der Waals surface area contributed by atoms with E-state index in [0.29, 0.717) is 45.6 Å². The Kier molecular flexibility index (Phi) is 5.89. The molecule has 2 amide bonds. The number of ether oxygens (including phenoxy) is 4. The Bertz CT molecular complexity index is 513. The number of nitrogens with zero attached hydrogens (tertiary/aromatic N) is 2. The highest BCUT2D eigenvalue weighted by Gasteiger charge is 2.50. The monoisotopic (exact) mass is 383 g/mol. The molecule has 1 spiro atoms. The second-order valence-corrected chi connectivity index (χ2v) is 8.22. The summed E-state index contributed by atoms with van der Waals surface area (Å²) in [4.78, 5) is 17.2. The lowest BCUT2D eigenvalue weighted by molar-refractivity contribution is -0.125. The molecule has 0 radical (unpaired) electrons. The fourth-order valence-corrected chi connectivity index (χ4v) is 4.89. The lowest BCUT2D eigenvalue weighted by atomic mass is 9.72. The number of rotatable bonds is 5. The Labute approximate surface area is 161 Å². The number of hydrogen-bond donors (Lipinski definition) is 1. The predicted molar refractivity (Wildman–Crippen MR) is 98.9 cm³/mol. The van der Waals surface area contributed by atoms with Gasteiger partial charge in [-0.05, 0) is 19.8 Å². The Morgan fingerprint density at radius 2 is 1.96 bits per heavy atom. The van der Waals surface area contributed by atoms with E-state index in [4.69, 9.17) is 18.9 Å². The maximum absolute atomic E-state index is 12.9. The summed E-state index contributed by atoms with van der Waals surface area (Å²) in [6.07, 6.45) is 3.12. The first-order chi connectivity index (χ1) is 13.1. The van der Waals surface area contributed by atoms with Gasteiger partial charge >= 0.3 is 6.03 Å². The van der Waals surface area contributed by atoms with Gasteiger partial charge in [0.15, 0.2) is 0 Å². The fourth-order valence-electron chi connectivity index (χ4n) is 4.89. The average Bonchev–Trinajstić information content (AvgIpc) is 3.11. The predicted octanol–water partition coefficient (Wildman–Crippen LogP) is 0.457. The molecule has 4 rings (SSSR count). The van der Waals surface area contributed by atoms with Crippen molar-refractivity contribution in [1.29, 1.82) is 0 Å². The van der Waals surface area contributed by atoms with Crippen LogP contribution < -0.4 is 5.32 Å². The van der Waals surface area contributed by atoms with Gasteiger partial charge in [0.2, 0.25) is 0 Å². The normalized spacial score (nSPS) is 37.4.